The van der Waals surface area contributed by atoms with E-state index in [1.54, 1.807) is 48.5 Å². The van der Waals surface area contributed by atoms with Crippen LogP contribution in [-0.4, -0.2) is 11.7 Å². The Morgan fingerprint density at radius 3 is 1.92 bits per heavy atom. The Morgan fingerprint density at radius 1 is 0.680 bits per heavy atom. The van der Waals surface area contributed by atoms with Crippen LogP contribution in [-0.2, 0) is 0 Å². The number of halogens is 2. The first-order valence-electron chi connectivity index (χ1n) is 7.51. The van der Waals surface area contributed by atoms with Gasteiger partial charge in [0.25, 0.3) is 5.91 Å². The largest absolute Gasteiger partial charge is 0.322 e. The molecule has 3 rings (SSSR count). The van der Waals surface area contributed by atoms with Crippen LogP contribution in [0.4, 0.5) is 5.69 Å². The lowest BCUT2D eigenvalue weighted by Gasteiger charge is -2.07. The van der Waals surface area contributed by atoms with Gasteiger partial charge in [-0.25, -0.2) is 0 Å². The zero-order valence-electron chi connectivity index (χ0n) is 13.0. The second-order valence-electron chi connectivity index (χ2n) is 5.36. The fraction of sp³-hybridized carbons (Fsp3) is 0. The summed E-state index contributed by atoms with van der Waals surface area (Å²) < 4.78 is 0. The van der Waals surface area contributed by atoms with Gasteiger partial charge in [-0.05, 0) is 42.5 Å². The Kier molecular flexibility index (Phi) is 5.17. The van der Waals surface area contributed by atoms with E-state index in [0.717, 1.165) is 0 Å². The van der Waals surface area contributed by atoms with Crippen molar-refractivity contribution in [3.05, 3.63) is 99.5 Å². The molecular weight excluding hydrogens is 357 g/mol. The van der Waals surface area contributed by atoms with Crippen molar-refractivity contribution >= 4 is 40.6 Å². The average Bonchev–Trinajstić information content (AvgIpc) is 2.64. The maximum atomic E-state index is 12.4. The molecule has 0 spiro atoms. The van der Waals surface area contributed by atoms with E-state index in [1.807, 2.05) is 18.2 Å². The fourth-order valence-electron chi connectivity index (χ4n) is 2.30. The van der Waals surface area contributed by atoms with Gasteiger partial charge < -0.3 is 5.32 Å². The summed E-state index contributed by atoms with van der Waals surface area (Å²) in [6.45, 7) is 0. The molecule has 0 bridgehead atoms. The van der Waals surface area contributed by atoms with Crippen LogP contribution >= 0.6 is 23.2 Å². The van der Waals surface area contributed by atoms with Crippen LogP contribution in [0.5, 0.6) is 0 Å². The van der Waals surface area contributed by atoms with Gasteiger partial charge in [0, 0.05) is 22.4 Å². The molecule has 0 saturated carbocycles. The number of benzene rings is 3. The summed E-state index contributed by atoms with van der Waals surface area (Å²) in [7, 11) is 0. The molecule has 0 aliphatic heterocycles. The maximum Gasteiger partial charge on any atom is 0.255 e. The summed E-state index contributed by atoms with van der Waals surface area (Å²) in [5, 5.41) is 3.47. The monoisotopic (exact) mass is 369 g/mol. The lowest BCUT2D eigenvalue weighted by molar-refractivity contribution is 0.102. The summed E-state index contributed by atoms with van der Waals surface area (Å²) in [6, 6.07) is 20.4. The fourth-order valence-corrected chi connectivity index (χ4v) is 2.60. The van der Waals surface area contributed by atoms with Crippen molar-refractivity contribution in [2.75, 3.05) is 5.32 Å². The van der Waals surface area contributed by atoms with Crippen LogP contribution in [0, 0.1) is 0 Å². The molecule has 1 amide bonds. The van der Waals surface area contributed by atoms with Gasteiger partial charge in [0.05, 0.1) is 10.0 Å². The number of hydrogen-bond donors (Lipinski definition) is 1. The molecule has 5 heteroatoms. The van der Waals surface area contributed by atoms with E-state index in [9.17, 15) is 9.59 Å². The molecule has 0 unspecified atom stereocenters. The molecule has 0 fully saturated rings. The first kappa shape index (κ1) is 17.2. The smallest absolute Gasteiger partial charge is 0.255 e. The number of carbonyl (C=O) groups is 2. The Morgan fingerprint density at radius 2 is 1.28 bits per heavy atom. The lowest BCUT2D eigenvalue weighted by atomic mass is 10.0. The minimum absolute atomic E-state index is 0.0667. The highest BCUT2D eigenvalue weighted by atomic mass is 35.5. The van der Waals surface area contributed by atoms with E-state index >= 15 is 0 Å². The summed E-state index contributed by atoms with van der Waals surface area (Å²) in [6.07, 6.45) is 0. The quantitative estimate of drug-likeness (QED) is 0.619. The summed E-state index contributed by atoms with van der Waals surface area (Å²) in [5.74, 6) is -0.372. The topological polar surface area (TPSA) is 46.2 Å². The number of carbonyl (C=O) groups excluding carboxylic acids is 2. The summed E-state index contributed by atoms with van der Waals surface area (Å²) in [4.78, 5) is 24.6. The number of rotatable bonds is 4. The highest BCUT2D eigenvalue weighted by Gasteiger charge is 2.11. The lowest BCUT2D eigenvalue weighted by Crippen LogP contribution is -2.12. The predicted molar refractivity (Wildman–Crippen MR) is 101 cm³/mol. The molecule has 0 aromatic heterocycles. The van der Waals surface area contributed by atoms with Crippen LogP contribution in [0.25, 0.3) is 0 Å². The summed E-state index contributed by atoms with van der Waals surface area (Å²) >= 11 is 11.8. The molecule has 3 aromatic carbocycles. The van der Waals surface area contributed by atoms with Crippen molar-refractivity contribution in [1.82, 2.24) is 0 Å². The van der Waals surface area contributed by atoms with Crippen LogP contribution in [0.3, 0.4) is 0 Å². The van der Waals surface area contributed by atoms with Crippen molar-refractivity contribution in [1.29, 1.82) is 0 Å². The molecule has 0 heterocycles. The van der Waals surface area contributed by atoms with Crippen molar-refractivity contribution in [3.63, 3.8) is 0 Å². The van der Waals surface area contributed by atoms with E-state index in [1.165, 1.54) is 6.07 Å². The Bertz CT molecular complexity index is 922. The first-order chi connectivity index (χ1) is 12.0. The van der Waals surface area contributed by atoms with E-state index in [-0.39, 0.29) is 11.7 Å². The Labute approximate surface area is 155 Å². The number of hydrogen-bond acceptors (Lipinski definition) is 2. The molecule has 1 N–H and O–H groups in total. The third-order valence-corrected chi connectivity index (χ3v) is 4.36. The third-order valence-electron chi connectivity index (χ3n) is 3.62. The van der Waals surface area contributed by atoms with Gasteiger partial charge in [0.2, 0.25) is 0 Å². The van der Waals surface area contributed by atoms with Crippen molar-refractivity contribution in [3.8, 4) is 0 Å². The van der Waals surface area contributed by atoms with Crippen molar-refractivity contribution < 1.29 is 9.59 Å². The molecule has 0 radical (unpaired) electrons. The third kappa shape index (κ3) is 4.08. The molecule has 3 nitrogen and oxygen atoms in total. The molecule has 0 aliphatic carbocycles. The number of amides is 1. The minimum atomic E-state index is -0.305. The normalized spacial score (nSPS) is 10.3. The highest BCUT2D eigenvalue weighted by molar-refractivity contribution is 6.42. The van der Waals surface area contributed by atoms with Crippen LogP contribution in [0.15, 0.2) is 72.8 Å². The second kappa shape index (κ2) is 7.51. The van der Waals surface area contributed by atoms with E-state index in [0.29, 0.717) is 32.4 Å². The Hall–Kier alpha value is -2.62. The molecule has 124 valence electrons. The van der Waals surface area contributed by atoms with Crippen molar-refractivity contribution in [2.45, 2.75) is 0 Å². The SMILES string of the molecule is O=C(Nc1ccc(C(=O)c2ccccc2)cc1)c1ccc(Cl)c(Cl)c1. The van der Waals surface area contributed by atoms with Crippen LogP contribution in [0.1, 0.15) is 26.3 Å². The second-order valence-corrected chi connectivity index (χ2v) is 6.17. The minimum Gasteiger partial charge on any atom is -0.322 e. The first-order valence-corrected chi connectivity index (χ1v) is 8.26. The van der Waals surface area contributed by atoms with Gasteiger partial charge in [-0.3, -0.25) is 9.59 Å². The van der Waals surface area contributed by atoms with Gasteiger partial charge in [0.1, 0.15) is 0 Å². The number of ketones is 1. The van der Waals surface area contributed by atoms with Crippen LogP contribution < -0.4 is 5.32 Å². The number of anilines is 1. The van der Waals surface area contributed by atoms with E-state index < -0.39 is 0 Å². The molecule has 3 aromatic rings. The molecule has 25 heavy (non-hydrogen) atoms. The molecular formula is C20H13Cl2NO2. The van der Waals surface area contributed by atoms with Gasteiger partial charge >= 0.3 is 0 Å². The standard InChI is InChI=1S/C20H13Cl2NO2/c21-17-11-8-15(12-18(17)22)20(25)23-16-9-6-14(7-10-16)19(24)13-4-2-1-3-5-13/h1-12H,(H,23,25). The van der Waals surface area contributed by atoms with Crippen molar-refractivity contribution in [2.24, 2.45) is 0 Å². The van der Waals surface area contributed by atoms with Gasteiger partial charge in [-0.1, -0.05) is 53.5 Å². The zero-order valence-corrected chi connectivity index (χ0v) is 14.5. The summed E-state index contributed by atoms with van der Waals surface area (Å²) in [5.41, 5.74) is 2.16. The Balaban J connectivity index is 1.73. The molecule has 0 atom stereocenters. The van der Waals surface area contributed by atoms with E-state index in [2.05, 4.69) is 5.32 Å². The van der Waals surface area contributed by atoms with Crippen LogP contribution in [0.2, 0.25) is 10.0 Å². The average molecular weight is 370 g/mol. The number of nitrogens with one attached hydrogen (secondary N) is 1. The predicted octanol–water partition coefficient (Wildman–Crippen LogP) is 5.48. The van der Waals surface area contributed by atoms with E-state index in [4.69, 9.17) is 23.2 Å². The molecule has 0 aliphatic rings. The maximum absolute atomic E-state index is 12.4. The van der Waals surface area contributed by atoms with Gasteiger partial charge in [0.15, 0.2) is 5.78 Å². The highest BCUT2D eigenvalue weighted by Crippen LogP contribution is 2.23. The zero-order chi connectivity index (χ0) is 17.8. The molecule has 0 saturated heterocycles. The van der Waals surface area contributed by atoms with Gasteiger partial charge in [-0.2, -0.15) is 0 Å². The van der Waals surface area contributed by atoms with Gasteiger partial charge in [-0.15, -0.1) is 0 Å².